The van der Waals surface area contributed by atoms with Gasteiger partial charge in [0.1, 0.15) is 0 Å². The second-order valence-electron chi connectivity index (χ2n) is 9.84. The molecule has 1 aliphatic carbocycles. The van der Waals surface area contributed by atoms with Crippen LogP contribution in [0.15, 0.2) is 53.6 Å². The zero-order valence-corrected chi connectivity index (χ0v) is 21.3. The first kappa shape index (κ1) is 31.1. The number of likely N-dealkylation sites (tertiary alicyclic amines) is 1. The van der Waals surface area contributed by atoms with Crippen LogP contribution in [0.5, 0.6) is 0 Å². The molecule has 4 atom stereocenters. The number of primary amides is 1. The van der Waals surface area contributed by atoms with Crippen LogP contribution < -0.4 is 5.73 Å². The number of ether oxygens (including phenoxy) is 1. The molecule has 40 heavy (non-hydrogen) atoms. The topological polar surface area (TPSA) is 72.6 Å². The summed E-state index contributed by atoms with van der Waals surface area (Å²) in [7, 11) is 0. The van der Waals surface area contributed by atoms with Crippen molar-refractivity contribution in [2.24, 2.45) is 11.7 Å². The van der Waals surface area contributed by atoms with Crippen LogP contribution in [-0.2, 0) is 21.9 Å². The van der Waals surface area contributed by atoms with Gasteiger partial charge in [0.15, 0.2) is 0 Å². The quantitative estimate of drug-likeness (QED) is 0.392. The smallest absolute Gasteiger partial charge is 0.416 e. The van der Waals surface area contributed by atoms with Crippen LogP contribution in [0.25, 0.3) is 0 Å². The van der Waals surface area contributed by atoms with Crippen LogP contribution >= 0.6 is 0 Å². The monoisotopic (exact) mass is 584 g/mol. The van der Waals surface area contributed by atoms with E-state index in [-0.39, 0.29) is 18.1 Å². The summed E-state index contributed by atoms with van der Waals surface area (Å²) >= 11 is 0. The maximum absolute atomic E-state index is 13.8. The second kappa shape index (κ2) is 10.8. The third kappa shape index (κ3) is 6.64. The van der Waals surface area contributed by atoms with Gasteiger partial charge in [-0.15, -0.1) is 0 Å². The number of halogens is 9. The number of amides is 2. The summed E-state index contributed by atoms with van der Waals surface area (Å²) in [6, 6.07) is -1.61. The van der Waals surface area contributed by atoms with Gasteiger partial charge < -0.3 is 10.5 Å². The summed E-state index contributed by atoms with van der Waals surface area (Å²) in [4.78, 5) is 26.7. The van der Waals surface area contributed by atoms with Gasteiger partial charge in [-0.3, -0.25) is 9.69 Å². The lowest BCUT2D eigenvalue weighted by atomic mass is 9.71. The number of hydrogen-bond donors (Lipinski definition) is 1. The standard InChI is InChI=1S/C26H25F9N2O3/c1-12(2)40-23(39)37-13(3)7-19(18-11-15(24(27,28)29)5-4-6-20(18)37)21(22(36)38)14-8-16(25(30,31)32)10-17(9-14)26(33,34)35/h4-6,8-13,19-21H,7H2,1-3H3,(H2,36,38)/t13-,19?,20?,21-/m1/s1. The Morgan fingerprint density at radius 1 is 0.950 bits per heavy atom. The number of carbonyl (C=O) groups excluding carboxylic acids is 2. The van der Waals surface area contributed by atoms with Gasteiger partial charge in [0.05, 0.1) is 34.8 Å². The van der Waals surface area contributed by atoms with E-state index in [0.29, 0.717) is 24.3 Å². The van der Waals surface area contributed by atoms with Crippen LogP contribution in [0, 0.1) is 5.92 Å². The highest BCUT2D eigenvalue weighted by Crippen LogP contribution is 2.46. The van der Waals surface area contributed by atoms with E-state index in [1.807, 2.05) is 0 Å². The number of rotatable bonds is 4. The van der Waals surface area contributed by atoms with Gasteiger partial charge in [0, 0.05) is 12.0 Å². The number of piperidine rings is 1. The molecular weight excluding hydrogens is 559 g/mol. The Labute approximate surface area is 223 Å². The molecule has 14 heteroatoms. The van der Waals surface area contributed by atoms with E-state index >= 15 is 0 Å². The molecule has 1 heterocycles. The van der Waals surface area contributed by atoms with Crippen LogP contribution in [0.1, 0.15) is 49.8 Å². The highest BCUT2D eigenvalue weighted by molar-refractivity contribution is 5.83. The summed E-state index contributed by atoms with van der Waals surface area (Å²) in [5, 5.41) is 0. The number of nitrogens with two attached hydrogens (primary N) is 1. The highest BCUT2D eigenvalue weighted by atomic mass is 19.4. The van der Waals surface area contributed by atoms with E-state index in [1.165, 1.54) is 26.8 Å². The van der Waals surface area contributed by atoms with Crippen molar-refractivity contribution in [1.82, 2.24) is 4.90 Å². The molecule has 2 N–H and O–H groups in total. The van der Waals surface area contributed by atoms with Crippen molar-refractivity contribution in [3.63, 3.8) is 0 Å². The summed E-state index contributed by atoms with van der Waals surface area (Å²) in [5.41, 5.74) is -0.126. The normalized spacial score (nSPS) is 22.7. The second-order valence-corrected chi connectivity index (χ2v) is 9.84. The minimum absolute atomic E-state index is 0.129. The van der Waals surface area contributed by atoms with Crippen LogP contribution in [0.4, 0.5) is 44.3 Å². The average Bonchev–Trinajstić information content (AvgIpc) is 3.00. The van der Waals surface area contributed by atoms with E-state index in [1.54, 1.807) is 0 Å². The average molecular weight is 584 g/mol. The third-order valence-electron chi connectivity index (χ3n) is 6.58. The molecule has 0 aromatic heterocycles. The molecule has 220 valence electrons. The number of benzene rings is 1. The SMILES string of the molecule is CC(C)OC(=O)N1C2C=CC=C(C(F)(F)F)C=C2C([C@H](C(N)=O)c2cc(C(F)(F)F)cc(C(F)(F)F)c2)C[C@H]1C. The fraction of sp³-hybridized carbons (Fsp3) is 0.462. The Morgan fingerprint density at radius 3 is 1.95 bits per heavy atom. The zero-order valence-electron chi connectivity index (χ0n) is 21.3. The van der Waals surface area contributed by atoms with Gasteiger partial charge in [-0.25, -0.2) is 4.79 Å². The Morgan fingerprint density at radius 2 is 1.50 bits per heavy atom. The molecule has 5 nitrogen and oxygen atoms in total. The maximum atomic E-state index is 13.8. The van der Waals surface area contributed by atoms with Crippen molar-refractivity contribution in [2.75, 3.05) is 0 Å². The van der Waals surface area contributed by atoms with Crippen LogP contribution in [0.2, 0.25) is 0 Å². The minimum atomic E-state index is -5.24. The van der Waals surface area contributed by atoms with E-state index in [0.717, 1.165) is 11.0 Å². The third-order valence-corrected chi connectivity index (χ3v) is 6.58. The van der Waals surface area contributed by atoms with Gasteiger partial charge in [0.2, 0.25) is 5.91 Å². The number of alkyl halides is 9. The van der Waals surface area contributed by atoms with E-state index in [4.69, 9.17) is 10.5 Å². The molecule has 2 unspecified atom stereocenters. The van der Waals surface area contributed by atoms with E-state index in [9.17, 15) is 49.1 Å². The number of fused-ring (bicyclic) bond motifs is 1. The number of allylic oxidation sites excluding steroid dienone is 4. The molecule has 0 spiro atoms. The summed E-state index contributed by atoms with van der Waals surface area (Å²) in [6.45, 7) is 4.54. The van der Waals surface area contributed by atoms with Gasteiger partial charge in [0.25, 0.3) is 0 Å². The highest BCUT2D eigenvalue weighted by Gasteiger charge is 2.47. The fourth-order valence-corrected chi connectivity index (χ4v) is 4.97. The number of hydrogen-bond acceptors (Lipinski definition) is 3. The van der Waals surface area contributed by atoms with Gasteiger partial charge >= 0.3 is 24.6 Å². The molecule has 0 radical (unpaired) electrons. The van der Waals surface area contributed by atoms with Crippen molar-refractivity contribution in [3.8, 4) is 0 Å². The molecular formula is C26H25F9N2O3. The molecule has 1 fully saturated rings. The van der Waals surface area contributed by atoms with E-state index in [2.05, 4.69) is 0 Å². The zero-order chi connectivity index (χ0) is 30.4. The first-order valence-corrected chi connectivity index (χ1v) is 12.0. The van der Waals surface area contributed by atoms with Crippen molar-refractivity contribution in [1.29, 1.82) is 0 Å². The number of carbonyl (C=O) groups is 2. The Kier molecular flexibility index (Phi) is 8.43. The minimum Gasteiger partial charge on any atom is -0.447 e. The number of nitrogens with zero attached hydrogens (tertiary/aromatic N) is 1. The molecule has 2 aliphatic rings. The Bertz CT molecular complexity index is 1210. The van der Waals surface area contributed by atoms with Crippen molar-refractivity contribution < 1.29 is 53.8 Å². The largest absolute Gasteiger partial charge is 0.447 e. The first-order valence-electron chi connectivity index (χ1n) is 12.0. The predicted octanol–water partition coefficient (Wildman–Crippen LogP) is 6.90. The van der Waals surface area contributed by atoms with Crippen LogP contribution in [0.3, 0.4) is 0 Å². The summed E-state index contributed by atoms with van der Waals surface area (Å²) in [6.07, 6.45) is -13.7. The lowest BCUT2D eigenvalue weighted by molar-refractivity contribution is -0.143. The van der Waals surface area contributed by atoms with Crippen LogP contribution in [-0.4, -0.2) is 41.3 Å². The molecule has 3 rings (SSSR count). The molecule has 0 bridgehead atoms. The van der Waals surface area contributed by atoms with Crippen molar-refractivity contribution in [3.05, 3.63) is 70.3 Å². The molecule has 2 amide bonds. The van der Waals surface area contributed by atoms with Gasteiger partial charge in [-0.05, 0) is 62.6 Å². The summed E-state index contributed by atoms with van der Waals surface area (Å²) < 4.78 is 128. The Hall–Kier alpha value is -3.45. The molecule has 1 aromatic rings. The fourth-order valence-electron chi connectivity index (χ4n) is 4.97. The lowest BCUT2D eigenvalue weighted by Gasteiger charge is -2.46. The summed E-state index contributed by atoms with van der Waals surface area (Å²) in [5.74, 6) is -4.66. The maximum Gasteiger partial charge on any atom is 0.416 e. The first-order chi connectivity index (χ1) is 18.2. The molecule has 1 saturated heterocycles. The molecule has 1 aromatic carbocycles. The van der Waals surface area contributed by atoms with Gasteiger partial charge in [-0.1, -0.05) is 18.2 Å². The molecule has 0 saturated carbocycles. The van der Waals surface area contributed by atoms with Gasteiger partial charge in [-0.2, -0.15) is 39.5 Å². The molecule has 1 aliphatic heterocycles. The van der Waals surface area contributed by atoms with E-state index < -0.39 is 82.8 Å². The van der Waals surface area contributed by atoms with Crippen molar-refractivity contribution in [2.45, 2.75) is 69.8 Å². The Balaban J connectivity index is 2.27. The lowest BCUT2D eigenvalue weighted by Crippen LogP contribution is -2.54. The predicted molar refractivity (Wildman–Crippen MR) is 125 cm³/mol. The van der Waals surface area contributed by atoms with Crippen molar-refractivity contribution >= 4 is 12.0 Å².